The van der Waals surface area contributed by atoms with Gasteiger partial charge in [0.15, 0.2) is 0 Å². The highest BCUT2D eigenvalue weighted by Crippen LogP contribution is 2.22. The maximum Gasteiger partial charge on any atom is 0.338 e. The molecule has 1 rings (SSSR count). The smallest absolute Gasteiger partial charge is 0.338 e. The van der Waals surface area contributed by atoms with Crippen molar-refractivity contribution in [2.75, 3.05) is 0 Å². The summed E-state index contributed by atoms with van der Waals surface area (Å²) in [6.07, 6.45) is 7.63. The van der Waals surface area contributed by atoms with Crippen LogP contribution in [-0.4, -0.2) is 11.6 Å². The van der Waals surface area contributed by atoms with Gasteiger partial charge >= 0.3 is 5.97 Å². The van der Waals surface area contributed by atoms with E-state index in [1.54, 1.807) is 0 Å². The van der Waals surface area contributed by atoms with Gasteiger partial charge in [0.05, 0.1) is 5.57 Å². The van der Waals surface area contributed by atoms with Crippen molar-refractivity contribution in [3.8, 4) is 0 Å². The Morgan fingerprint density at radius 1 is 1.35 bits per heavy atom. The Hall–Kier alpha value is -0.830. The Kier molecular flexibility index (Phi) is 4.75. The first kappa shape index (κ1) is 14.2. The molecule has 0 atom stereocenters. The molecule has 0 bridgehead atoms. The molecule has 0 fully saturated rings. The average Bonchev–Trinajstić information content (AvgIpc) is 2.10. The van der Waals surface area contributed by atoms with E-state index in [0.29, 0.717) is 5.57 Å². The molecule has 0 radical (unpaired) electrons. The molecule has 0 aromatic rings. The van der Waals surface area contributed by atoms with Crippen LogP contribution in [0.25, 0.3) is 0 Å². The zero-order chi connectivity index (χ0) is 13.1. The highest BCUT2D eigenvalue weighted by Gasteiger charge is 2.19. The number of hydrogen-bond donors (Lipinski definition) is 0. The van der Waals surface area contributed by atoms with Gasteiger partial charge in [-0.15, -0.1) is 0 Å². The minimum absolute atomic E-state index is 0.262. The lowest BCUT2D eigenvalue weighted by Crippen LogP contribution is -2.24. The van der Waals surface area contributed by atoms with Crippen LogP contribution in [-0.2, 0) is 9.53 Å². The molecule has 0 aliphatic heterocycles. The van der Waals surface area contributed by atoms with Gasteiger partial charge < -0.3 is 4.74 Å². The molecule has 1 aliphatic rings. The summed E-state index contributed by atoms with van der Waals surface area (Å²) in [5, 5.41) is 0. The summed E-state index contributed by atoms with van der Waals surface area (Å²) in [6, 6.07) is 0. The van der Waals surface area contributed by atoms with Gasteiger partial charge in [-0.2, -0.15) is 0 Å². The number of halogens is 1. The first-order valence-corrected chi connectivity index (χ1v) is 6.55. The minimum atomic E-state index is -0.452. The minimum Gasteiger partial charge on any atom is -0.456 e. The fourth-order valence-electron chi connectivity index (χ4n) is 1.49. The summed E-state index contributed by atoms with van der Waals surface area (Å²) in [6.45, 7) is 7.70. The second-order valence-corrected chi connectivity index (χ2v) is 6.14. The second-order valence-electron chi connectivity index (χ2n) is 5.22. The Morgan fingerprint density at radius 3 is 2.59 bits per heavy atom. The lowest BCUT2D eigenvalue weighted by atomic mass is 10.1. The molecular weight excluding hydrogens is 280 g/mol. The fourth-order valence-corrected chi connectivity index (χ4v) is 2.13. The van der Waals surface area contributed by atoms with E-state index in [9.17, 15) is 4.79 Å². The van der Waals surface area contributed by atoms with E-state index in [1.807, 2.05) is 39.0 Å². The van der Waals surface area contributed by atoms with Gasteiger partial charge in [-0.25, -0.2) is 4.79 Å². The predicted octanol–water partition coefficient (Wildman–Crippen LogP) is 4.27. The summed E-state index contributed by atoms with van der Waals surface area (Å²) in [5.74, 6) is -0.262. The quantitative estimate of drug-likeness (QED) is 0.676. The largest absolute Gasteiger partial charge is 0.456 e. The van der Waals surface area contributed by atoms with Crippen molar-refractivity contribution in [1.29, 1.82) is 0 Å². The maximum absolute atomic E-state index is 11.9. The first-order valence-electron chi connectivity index (χ1n) is 5.76. The van der Waals surface area contributed by atoms with E-state index in [1.165, 1.54) is 5.57 Å². The molecular formula is C14H19BrO2. The van der Waals surface area contributed by atoms with Crippen LogP contribution in [0.2, 0.25) is 0 Å². The Labute approximate surface area is 112 Å². The van der Waals surface area contributed by atoms with Crippen LogP contribution in [0.4, 0.5) is 0 Å². The molecule has 0 saturated carbocycles. The zero-order valence-electron chi connectivity index (χ0n) is 10.8. The van der Waals surface area contributed by atoms with Crippen molar-refractivity contribution in [3.63, 3.8) is 0 Å². The summed E-state index contributed by atoms with van der Waals surface area (Å²) in [7, 11) is 0. The van der Waals surface area contributed by atoms with Gasteiger partial charge in [-0.3, -0.25) is 0 Å². The lowest BCUT2D eigenvalue weighted by Gasteiger charge is -2.20. The molecule has 0 aromatic carbocycles. The Balaban J connectivity index is 2.87. The van der Waals surface area contributed by atoms with Gasteiger partial charge in [0, 0.05) is 4.48 Å². The van der Waals surface area contributed by atoms with Gasteiger partial charge in [-0.1, -0.05) is 27.6 Å². The third-order valence-electron chi connectivity index (χ3n) is 2.22. The van der Waals surface area contributed by atoms with Crippen molar-refractivity contribution in [2.45, 2.75) is 46.1 Å². The molecule has 17 heavy (non-hydrogen) atoms. The molecule has 0 saturated heterocycles. The van der Waals surface area contributed by atoms with Crippen molar-refractivity contribution in [1.82, 2.24) is 0 Å². The van der Waals surface area contributed by atoms with Gasteiger partial charge in [0.1, 0.15) is 5.60 Å². The third-order valence-corrected chi connectivity index (χ3v) is 2.67. The summed E-state index contributed by atoms with van der Waals surface area (Å²) < 4.78 is 6.26. The monoisotopic (exact) mass is 298 g/mol. The molecule has 0 amide bonds. The molecule has 0 heterocycles. The predicted molar refractivity (Wildman–Crippen MR) is 73.9 cm³/mol. The maximum atomic E-state index is 11.9. The molecule has 94 valence electrons. The molecule has 3 heteroatoms. The standard InChI is InChI=1S/C14H19BrO2/c1-10-6-5-7-11(9-12(15)8-10)13(16)17-14(2,3)4/h7-9H,5-6H2,1-4H3/b10-8+,11-7+,12-9+. The van der Waals surface area contributed by atoms with E-state index in [0.717, 1.165) is 17.3 Å². The second kappa shape index (κ2) is 5.67. The summed E-state index contributed by atoms with van der Waals surface area (Å²) >= 11 is 3.44. The van der Waals surface area contributed by atoms with Crippen molar-refractivity contribution in [2.24, 2.45) is 0 Å². The van der Waals surface area contributed by atoms with Crippen LogP contribution in [0.5, 0.6) is 0 Å². The van der Waals surface area contributed by atoms with Crippen LogP contribution >= 0.6 is 15.9 Å². The molecule has 0 unspecified atom stereocenters. The summed E-state index contributed by atoms with van der Waals surface area (Å²) in [4.78, 5) is 11.9. The Morgan fingerprint density at radius 2 is 2.00 bits per heavy atom. The van der Waals surface area contributed by atoms with E-state index >= 15 is 0 Å². The molecule has 0 N–H and O–H groups in total. The highest BCUT2D eigenvalue weighted by molar-refractivity contribution is 9.11. The number of rotatable bonds is 1. The average molecular weight is 299 g/mol. The zero-order valence-corrected chi connectivity index (χ0v) is 12.4. The van der Waals surface area contributed by atoms with Crippen molar-refractivity contribution in [3.05, 3.63) is 33.9 Å². The van der Waals surface area contributed by atoms with Gasteiger partial charge in [0.2, 0.25) is 0 Å². The van der Waals surface area contributed by atoms with Gasteiger partial charge in [0.25, 0.3) is 0 Å². The van der Waals surface area contributed by atoms with Crippen molar-refractivity contribution < 1.29 is 9.53 Å². The Bertz CT molecular complexity index is 395. The third kappa shape index (κ3) is 5.35. The number of allylic oxidation sites excluding steroid dienone is 4. The molecule has 1 aliphatic carbocycles. The molecule has 0 spiro atoms. The first-order chi connectivity index (χ1) is 7.78. The SMILES string of the molecule is C\C1=C/C(Br)=C\C(C(=O)OC(C)(C)C)=C/CC1. The van der Waals surface area contributed by atoms with Crippen LogP contribution in [0.15, 0.2) is 33.9 Å². The summed E-state index contributed by atoms with van der Waals surface area (Å²) in [5.41, 5.74) is 1.47. The van der Waals surface area contributed by atoms with E-state index in [4.69, 9.17) is 4.74 Å². The fraction of sp³-hybridized carbons (Fsp3) is 0.500. The van der Waals surface area contributed by atoms with Crippen molar-refractivity contribution >= 4 is 21.9 Å². The van der Waals surface area contributed by atoms with Crippen LogP contribution in [0, 0.1) is 0 Å². The highest BCUT2D eigenvalue weighted by atomic mass is 79.9. The number of hydrogen-bond acceptors (Lipinski definition) is 2. The molecule has 2 nitrogen and oxygen atoms in total. The molecule has 0 aromatic heterocycles. The van der Waals surface area contributed by atoms with E-state index in [-0.39, 0.29) is 5.97 Å². The lowest BCUT2D eigenvalue weighted by molar-refractivity contribution is -0.149. The number of carbonyl (C=O) groups is 1. The van der Waals surface area contributed by atoms with E-state index < -0.39 is 5.60 Å². The number of ether oxygens (including phenoxy) is 1. The topological polar surface area (TPSA) is 26.3 Å². The van der Waals surface area contributed by atoms with E-state index in [2.05, 4.69) is 22.9 Å². The van der Waals surface area contributed by atoms with Crippen LogP contribution in [0.1, 0.15) is 40.5 Å². The number of carbonyl (C=O) groups excluding carboxylic acids is 1. The normalized spacial score (nSPS) is 26.5. The van der Waals surface area contributed by atoms with Crippen LogP contribution in [0.3, 0.4) is 0 Å². The number of esters is 1. The van der Waals surface area contributed by atoms with Gasteiger partial charge in [-0.05, 0) is 52.7 Å². The van der Waals surface area contributed by atoms with Crippen LogP contribution < -0.4 is 0 Å².